The number of aryl methyl sites for hydroxylation is 1. The highest BCUT2D eigenvalue weighted by molar-refractivity contribution is 7.89. The number of thiazole rings is 1. The highest BCUT2D eigenvalue weighted by Gasteiger charge is 2.29. The number of carbonyl (C=O) groups excluding carboxylic acids is 2. The van der Waals surface area contributed by atoms with Crippen molar-refractivity contribution in [3.05, 3.63) is 65.0 Å². The van der Waals surface area contributed by atoms with Crippen molar-refractivity contribution in [3.63, 3.8) is 0 Å². The lowest BCUT2D eigenvalue weighted by Crippen LogP contribution is -2.49. The van der Waals surface area contributed by atoms with Crippen LogP contribution in [0.25, 0.3) is 11.3 Å². The molecule has 8 nitrogen and oxygen atoms in total. The molecule has 0 bridgehead atoms. The van der Waals surface area contributed by atoms with Crippen LogP contribution >= 0.6 is 11.3 Å². The van der Waals surface area contributed by atoms with Gasteiger partial charge in [0.05, 0.1) is 10.6 Å². The molecule has 1 saturated heterocycles. The number of hydrogen-bond donors (Lipinski definition) is 1. The number of nitrogens with one attached hydrogen (secondary N) is 1. The molecular formula is C23H24N4O4S2. The Morgan fingerprint density at radius 2 is 1.73 bits per heavy atom. The van der Waals surface area contributed by atoms with E-state index < -0.39 is 15.9 Å². The van der Waals surface area contributed by atoms with Crippen LogP contribution in [0.4, 0.5) is 5.13 Å². The molecule has 0 radical (unpaired) electrons. The van der Waals surface area contributed by atoms with Crippen LogP contribution in [0.5, 0.6) is 0 Å². The molecule has 0 aliphatic carbocycles. The predicted molar refractivity (Wildman–Crippen MR) is 128 cm³/mol. The van der Waals surface area contributed by atoms with Gasteiger partial charge in [0.15, 0.2) is 5.13 Å². The molecule has 0 saturated carbocycles. The van der Waals surface area contributed by atoms with Crippen LogP contribution in [0.1, 0.15) is 22.8 Å². The molecule has 1 aliphatic heterocycles. The van der Waals surface area contributed by atoms with Gasteiger partial charge in [-0.2, -0.15) is 4.31 Å². The molecule has 10 heteroatoms. The van der Waals surface area contributed by atoms with Gasteiger partial charge in [-0.15, -0.1) is 11.3 Å². The summed E-state index contributed by atoms with van der Waals surface area (Å²) in [6, 6.07) is 13.9. The molecule has 1 fully saturated rings. The van der Waals surface area contributed by atoms with Crippen molar-refractivity contribution in [1.29, 1.82) is 0 Å². The van der Waals surface area contributed by atoms with Gasteiger partial charge < -0.3 is 4.90 Å². The zero-order valence-corrected chi connectivity index (χ0v) is 19.9. The highest BCUT2D eigenvalue weighted by Crippen LogP contribution is 2.26. The van der Waals surface area contributed by atoms with Crippen LogP contribution in [-0.2, 0) is 14.8 Å². The Hall–Kier alpha value is -3.08. The van der Waals surface area contributed by atoms with Gasteiger partial charge in [0, 0.05) is 49.6 Å². The van der Waals surface area contributed by atoms with Crippen molar-refractivity contribution in [1.82, 2.24) is 14.2 Å². The number of aromatic nitrogens is 1. The molecule has 3 aromatic rings. The van der Waals surface area contributed by atoms with E-state index in [1.165, 1.54) is 34.7 Å². The van der Waals surface area contributed by atoms with Crippen LogP contribution in [0.2, 0.25) is 0 Å². The molecule has 2 aromatic carbocycles. The number of carbonyl (C=O) groups is 2. The second-order valence-electron chi connectivity index (χ2n) is 7.80. The zero-order valence-electron chi connectivity index (χ0n) is 18.3. The summed E-state index contributed by atoms with van der Waals surface area (Å²) >= 11 is 1.30. The summed E-state index contributed by atoms with van der Waals surface area (Å²) in [7, 11) is -3.77. The van der Waals surface area contributed by atoms with E-state index in [2.05, 4.69) is 10.3 Å². The third-order valence-electron chi connectivity index (χ3n) is 5.49. The quantitative estimate of drug-likeness (QED) is 0.599. The maximum absolute atomic E-state index is 13.1. The molecule has 0 unspecified atom stereocenters. The number of piperazine rings is 1. The molecule has 0 spiro atoms. The average Bonchev–Trinajstić information content (AvgIpc) is 3.28. The Balaban J connectivity index is 1.47. The Kier molecular flexibility index (Phi) is 6.59. The summed E-state index contributed by atoms with van der Waals surface area (Å²) in [6.07, 6.45) is 0. The van der Waals surface area contributed by atoms with E-state index in [-0.39, 0.29) is 29.5 Å². The molecule has 2 heterocycles. The zero-order chi connectivity index (χ0) is 23.6. The summed E-state index contributed by atoms with van der Waals surface area (Å²) in [6.45, 7) is 4.62. The first kappa shape index (κ1) is 23.1. The van der Waals surface area contributed by atoms with Crippen LogP contribution in [-0.4, -0.2) is 60.6 Å². The van der Waals surface area contributed by atoms with Crippen molar-refractivity contribution in [2.75, 3.05) is 31.5 Å². The molecule has 4 rings (SSSR count). The van der Waals surface area contributed by atoms with Gasteiger partial charge in [0.1, 0.15) is 0 Å². The lowest BCUT2D eigenvalue weighted by Gasteiger charge is -2.33. The van der Waals surface area contributed by atoms with Crippen molar-refractivity contribution >= 4 is 38.3 Å². The maximum atomic E-state index is 13.1. The minimum absolute atomic E-state index is 0.0471. The van der Waals surface area contributed by atoms with E-state index in [0.717, 1.165) is 16.8 Å². The third kappa shape index (κ3) is 5.13. The normalized spacial score (nSPS) is 14.8. The van der Waals surface area contributed by atoms with E-state index in [0.29, 0.717) is 18.2 Å². The SMILES string of the molecule is CC(=O)N1CCN(S(=O)(=O)c2cccc(C(=O)Nc3nc(-c4ccc(C)cc4)cs3)c2)CC1. The molecule has 1 aromatic heterocycles. The smallest absolute Gasteiger partial charge is 0.257 e. The van der Waals surface area contributed by atoms with E-state index in [4.69, 9.17) is 0 Å². The predicted octanol–water partition coefficient (Wildman–Crippen LogP) is 3.22. The third-order valence-corrected chi connectivity index (χ3v) is 8.14. The monoisotopic (exact) mass is 484 g/mol. The van der Waals surface area contributed by atoms with Crippen LogP contribution < -0.4 is 5.32 Å². The molecule has 172 valence electrons. The van der Waals surface area contributed by atoms with E-state index in [1.54, 1.807) is 17.0 Å². The van der Waals surface area contributed by atoms with Crippen LogP contribution in [0.15, 0.2) is 58.8 Å². The number of amides is 2. The minimum atomic E-state index is -3.77. The fraction of sp³-hybridized carbons (Fsp3) is 0.261. The first-order valence-electron chi connectivity index (χ1n) is 10.4. The largest absolute Gasteiger partial charge is 0.340 e. The van der Waals surface area contributed by atoms with Crippen molar-refractivity contribution in [3.8, 4) is 11.3 Å². The summed E-state index contributed by atoms with van der Waals surface area (Å²) in [5.41, 5.74) is 3.09. The molecule has 33 heavy (non-hydrogen) atoms. The van der Waals surface area contributed by atoms with Gasteiger partial charge in [-0.1, -0.05) is 35.9 Å². The van der Waals surface area contributed by atoms with Gasteiger partial charge in [0.25, 0.3) is 5.91 Å². The van der Waals surface area contributed by atoms with Crippen molar-refractivity contribution in [2.45, 2.75) is 18.7 Å². The van der Waals surface area contributed by atoms with Gasteiger partial charge in [0.2, 0.25) is 15.9 Å². The number of sulfonamides is 1. The number of anilines is 1. The second-order valence-corrected chi connectivity index (χ2v) is 10.6. The van der Waals surface area contributed by atoms with Crippen molar-refractivity contribution < 1.29 is 18.0 Å². The Labute approximate surface area is 196 Å². The molecule has 0 atom stereocenters. The topological polar surface area (TPSA) is 99.7 Å². The molecule has 1 aliphatic rings. The molecule has 2 amide bonds. The number of hydrogen-bond acceptors (Lipinski definition) is 6. The molecule has 1 N–H and O–H groups in total. The van der Waals surface area contributed by atoms with Crippen molar-refractivity contribution in [2.24, 2.45) is 0 Å². The van der Waals surface area contributed by atoms with E-state index in [9.17, 15) is 18.0 Å². The Bertz CT molecular complexity index is 1280. The fourth-order valence-corrected chi connectivity index (χ4v) is 5.73. The van der Waals surface area contributed by atoms with Gasteiger partial charge in [-0.25, -0.2) is 13.4 Å². The Morgan fingerprint density at radius 3 is 2.39 bits per heavy atom. The van der Waals surface area contributed by atoms with E-state index >= 15 is 0 Å². The average molecular weight is 485 g/mol. The summed E-state index contributed by atoms with van der Waals surface area (Å²) in [5.74, 6) is -0.503. The summed E-state index contributed by atoms with van der Waals surface area (Å²) < 4.78 is 27.5. The lowest BCUT2D eigenvalue weighted by molar-refractivity contribution is -0.129. The van der Waals surface area contributed by atoms with Gasteiger partial charge >= 0.3 is 0 Å². The van der Waals surface area contributed by atoms with Gasteiger partial charge in [-0.3, -0.25) is 14.9 Å². The van der Waals surface area contributed by atoms with Crippen LogP contribution in [0, 0.1) is 6.92 Å². The number of benzene rings is 2. The van der Waals surface area contributed by atoms with Gasteiger partial charge in [-0.05, 0) is 25.1 Å². The highest BCUT2D eigenvalue weighted by atomic mass is 32.2. The van der Waals surface area contributed by atoms with Crippen LogP contribution in [0.3, 0.4) is 0 Å². The Morgan fingerprint density at radius 1 is 1.03 bits per heavy atom. The number of nitrogens with zero attached hydrogens (tertiary/aromatic N) is 3. The molecular weight excluding hydrogens is 460 g/mol. The summed E-state index contributed by atoms with van der Waals surface area (Å²) in [5, 5.41) is 5.05. The standard InChI is InChI=1S/C23H24N4O4S2/c1-16-6-8-18(9-7-16)21-15-32-23(24-21)25-22(29)19-4-3-5-20(14-19)33(30,31)27-12-10-26(11-13-27)17(2)28/h3-9,14-15H,10-13H2,1-2H3,(H,24,25,29). The first-order valence-corrected chi connectivity index (χ1v) is 12.8. The fourth-order valence-electron chi connectivity index (χ4n) is 3.55. The first-order chi connectivity index (χ1) is 15.7. The maximum Gasteiger partial charge on any atom is 0.257 e. The lowest BCUT2D eigenvalue weighted by atomic mass is 10.1. The minimum Gasteiger partial charge on any atom is -0.340 e. The number of rotatable bonds is 5. The second kappa shape index (κ2) is 9.42. The van der Waals surface area contributed by atoms with E-state index in [1.807, 2.05) is 36.6 Å². The summed E-state index contributed by atoms with van der Waals surface area (Å²) in [4.78, 5) is 30.4.